The van der Waals surface area contributed by atoms with E-state index in [-0.39, 0.29) is 5.91 Å². The van der Waals surface area contributed by atoms with Gasteiger partial charge in [0.1, 0.15) is 0 Å². The Morgan fingerprint density at radius 3 is 3.08 bits per heavy atom. The van der Waals surface area contributed by atoms with Gasteiger partial charge in [-0.25, -0.2) is 0 Å². The highest BCUT2D eigenvalue weighted by Crippen LogP contribution is 2.07. The minimum atomic E-state index is 0.118. The molecule has 0 fully saturated rings. The second kappa shape index (κ2) is 5.53. The summed E-state index contributed by atoms with van der Waals surface area (Å²) in [6.45, 7) is 0.752. The first-order chi connectivity index (χ1) is 5.83. The Hall–Kier alpha value is -0.100. The minimum absolute atomic E-state index is 0.118. The predicted octanol–water partition coefficient (Wildman–Crippen LogP) is 1.84. The molecule has 12 heavy (non-hydrogen) atoms. The van der Waals surface area contributed by atoms with Gasteiger partial charge < -0.3 is 5.32 Å². The molecular formula is C8H10INOS. The van der Waals surface area contributed by atoms with Crippen molar-refractivity contribution in [1.82, 2.24) is 5.32 Å². The highest BCUT2D eigenvalue weighted by molar-refractivity contribution is 14.1. The molecule has 66 valence electrons. The molecule has 2 nitrogen and oxygen atoms in total. The summed E-state index contributed by atoms with van der Waals surface area (Å²) in [7, 11) is 0. The van der Waals surface area contributed by atoms with Crippen LogP contribution in [0.3, 0.4) is 0 Å². The highest BCUT2D eigenvalue weighted by Gasteiger charge is 1.97. The zero-order chi connectivity index (χ0) is 8.81. The van der Waals surface area contributed by atoms with Crippen LogP contribution < -0.4 is 5.32 Å². The molecule has 1 heterocycles. The smallest absolute Gasteiger partial charge is 0.229 e. The summed E-state index contributed by atoms with van der Waals surface area (Å²) in [5.41, 5.74) is 0. The fraction of sp³-hybridized carbons (Fsp3) is 0.375. The van der Waals surface area contributed by atoms with Crippen LogP contribution in [0.15, 0.2) is 17.5 Å². The van der Waals surface area contributed by atoms with Crippen LogP contribution >= 0.6 is 33.9 Å². The maximum atomic E-state index is 10.8. The Labute approximate surface area is 89.5 Å². The molecule has 0 radical (unpaired) electrons. The number of nitrogens with one attached hydrogen (secondary N) is 1. The molecule has 0 atom stereocenters. The molecule has 0 aliphatic rings. The van der Waals surface area contributed by atoms with Crippen molar-refractivity contribution in [2.75, 3.05) is 11.0 Å². The fourth-order valence-electron chi connectivity index (χ4n) is 0.827. The molecule has 0 spiro atoms. The van der Waals surface area contributed by atoms with Gasteiger partial charge >= 0.3 is 0 Å². The topological polar surface area (TPSA) is 29.1 Å². The normalized spacial score (nSPS) is 9.75. The van der Waals surface area contributed by atoms with Gasteiger partial charge in [-0.1, -0.05) is 28.7 Å². The molecule has 0 aromatic carbocycles. The minimum Gasteiger partial charge on any atom is -0.355 e. The summed E-state index contributed by atoms with van der Waals surface area (Å²) < 4.78 is 0.544. The van der Waals surface area contributed by atoms with Crippen LogP contribution in [0, 0.1) is 0 Å². The molecule has 1 N–H and O–H groups in total. The van der Waals surface area contributed by atoms with Crippen molar-refractivity contribution in [1.29, 1.82) is 0 Å². The summed E-state index contributed by atoms with van der Waals surface area (Å²) in [5, 5.41) is 4.88. The van der Waals surface area contributed by atoms with Crippen LogP contribution in [0.25, 0.3) is 0 Å². The molecule has 1 aromatic heterocycles. The molecule has 0 unspecified atom stereocenters. The second-order valence-electron chi connectivity index (χ2n) is 2.31. The lowest BCUT2D eigenvalue weighted by atomic mass is 10.3. The summed E-state index contributed by atoms with van der Waals surface area (Å²) in [6, 6.07) is 4.11. The number of alkyl halides is 1. The van der Waals surface area contributed by atoms with Crippen LogP contribution in [-0.2, 0) is 11.2 Å². The maximum absolute atomic E-state index is 10.8. The van der Waals surface area contributed by atoms with Crippen molar-refractivity contribution in [2.24, 2.45) is 0 Å². The van der Waals surface area contributed by atoms with Crippen LogP contribution in [0.5, 0.6) is 0 Å². The molecule has 4 heteroatoms. The molecule has 0 aliphatic carbocycles. The Kier molecular flexibility index (Phi) is 4.60. The maximum Gasteiger partial charge on any atom is 0.229 e. The number of halogens is 1. The van der Waals surface area contributed by atoms with E-state index in [1.807, 2.05) is 6.07 Å². The standard InChI is InChI=1S/C8H10INOS/c9-6-8(11)10-4-3-7-2-1-5-12-7/h1-2,5H,3-4,6H2,(H,10,11). The van der Waals surface area contributed by atoms with Crippen LogP contribution in [0.2, 0.25) is 0 Å². The number of rotatable bonds is 4. The third kappa shape index (κ3) is 3.53. The monoisotopic (exact) mass is 295 g/mol. The molecule has 0 bridgehead atoms. The third-order valence-electron chi connectivity index (χ3n) is 1.40. The first-order valence-corrected chi connectivity index (χ1v) is 6.08. The van der Waals surface area contributed by atoms with Gasteiger partial charge in [-0.2, -0.15) is 0 Å². The first kappa shape index (κ1) is 9.98. The molecule has 1 rings (SSSR count). The van der Waals surface area contributed by atoms with E-state index in [1.54, 1.807) is 11.3 Å². The zero-order valence-electron chi connectivity index (χ0n) is 6.55. The van der Waals surface area contributed by atoms with E-state index >= 15 is 0 Å². The molecule has 1 aromatic rings. The summed E-state index contributed by atoms with van der Waals surface area (Å²) >= 11 is 3.79. The van der Waals surface area contributed by atoms with E-state index in [0.29, 0.717) is 4.43 Å². The van der Waals surface area contributed by atoms with Crippen LogP contribution in [-0.4, -0.2) is 16.9 Å². The molecular weight excluding hydrogens is 285 g/mol. The van der Waals surface area contributed by atoms with Gasteiger partial charge in [0.05, 0.1) is 4.43 Å². The fourth-order valence-corrected chi connectivity index (χ4v) is 1.81. The quantitative estimate of drug-likeness (QED) is 0.666. The van der Waals surface area contributed by atoms with Gasteiger partial charge in [0.2, 0.25) is 5.91 Å². The molecule has 0 saturated carbocycles. The van der Waals surface area contributed by atoms with E-state index in [0.717, 1.165) is 13.0 Å². The summed E-state index contributed by atoms with van der Waals surface area (Å²) in [4.78, 5) is 12.1. The van der Waals surface area contributed by atoms with Gasteiger partial charge in [-0.05, 0) is 17.9 Å². The van der Waals surface area contributed by atoms with Crippen molar-refractivity contribution in [3.8, 4) is 0 Å². The lowest BCUT2D eigenvalue weighted by molar-refractivity contribution is -0.118. The number of amides is 1. The van der Waals surface area contributed by atoms with Gasteiger partial charge in [-0.3, -0.25) is 4.79 Å². The van der Waals surface area contributed by atoms with Gasteiger partial charge in [0.25, 0.3) is 0 Å². The van der Waals surface area contributed by atoms with Crippen molar-refractivity contribution >= 4 is 39.8 Å². The van der Waals surface area contributed by atoms with Crippen molar-refractivity contribution in [3.63, 3.8) is 0 Å². The lowest BCUT2D eigenvalue weighted by Gasteiger charge is -1.99. The highest BCUT2D eigenvalue weighted by atomic mass is 127. The van der Waals surface area contributed by atoms with Crippen molar-refractivity contribution in [3.05, 3.63) is 22.4 Å². The number of carbonyl (C=O) groups is 1. The van der Waals surface area contributed by atoms with Crippen molar-refractivity contribution < 1.29 is 4.79 Å². The SMILES string of the molecule is O=C(CI)NCCc1cccs1. The number of carbonyl (C=O) groups excluding carboxylic acids is 1. The lowest BCUT2D eigenvalue weighted by Crippen LogP contribution is -2.26. The van der Waals surface area contributed by atoms with Crippen LogP contribution in [0.4, 0.5) is 0 Å². The second-order valence-corrected chi connectivity index (χ2v) is 4.11. The predicted molar refractivity (Wildman–Crippen MR) is 59.9 cm³/mol. The van der Waals surface area contributed by atoms with E-state index in [2.05, 4.69) is 39.4 Å². The van der Waals surface area contributed by atoms with E-state index in [4.69, 9.17) is 0 Å². The van der Waals surface area contributed by atoms with E-state index in [9.17, 15) is 4.79 Å². The zero-order valence-corrected chi connectivity index (χ0v) is 9.52. The van der Waals surface area contributed by atoms with Crippen molar-refractivity contribution in [2.45, 2.75) is 6.42 Å². The van der Waals surface area contributed by atoms with E-state index < -0.39 is 0 Å². The molecule has 0 aliphatic heterocycles. The Balaban J connectivity index is 2.15. The number of hydrogen-bond donors (Lipinski definition) is 1. The average molecular weight is 295 g/mol. The third-order valence-corrected chi connectivity index (χ3v) is 3.02. The molecule has 1 amide bonds. The number of hydrogen-bond acceptors (Lipinski definition) is 2. The van der Waals surface area contributed by atoms with Gasteiger partial charge in [0, 0.05) is 11.4 Å². The van der Waals surface area contributed by atoms with E-state index in [1.165, 1.54) is 4.88 Å². The number of thiophene rings is 1. The average Bonchev–Trinajstić information content (AvgIpc) is 2.57. The molecule has 0 saturated heterocycles. The summed E-state index contributed by atoms with van der Waals surface area (Å²) in [5.74, 6) is 0.118. The Morgan fingerprint density at radius 2 is 2.50 bits per heavy atom. The van der Waals surface area contributed by atoms with Gasteiger partial charge in [-0.15, -0.1) is 11.3 Å². The first-order valence-electron chi connectivity index (χ1n) is 3.68. The Bertz CT molecular complexity index is 235. The summed E-state index contributed by atoms with van der Waals surface area (Å²) in [6.07, 6.45) is 0.944. The Morgan fingerprint density at radius 1 is 1.67 bits per heavy atom. The largest absolute Gasteiger partial charge is 0.355 e. The van der Waals surface area contributed by atoms with Gasteiger partial charge in [0.15, 0.2) is 0 Å². The van der Waals surface area contributed by atoms with Crippen LogP contribution in [0.1, 0.15) is 4.88 Å².